The van der Waals surface area contributed by atoms with E-state index < -0.39 is 0 Å². The second kappa shape index (κ2) is 6.50. The maximum absolute atomic E-state index is 9.08. The first-order valence-corrected chi connectivity index (χ1v) is 6.98. The first-order chi connectivity index (χ1) is 9.26. The predicted octanol–water partition coefficient (Wildman–Crippen LogP) is 3.01. The minimum absolute atomic E-state index is 0.398. The molecule has 98 valence electrons. The van der Waals surface area contributed by atoms with Crippen molar-refractivity contribution in [3.05, 3.63) is 46.5 Å². The van der Waals surface area contributed by atoms with E-state index >= 15 is 0 Å². The number of hydrogen-bond donors (Lipinski definition) is 1. The van der Waals surface area contributed by atoms with E-state index in [0.717, 1.165) is 35.2 Å². The van der Waals surface area contributed by atoms with Crippen LogP contribution in [0.15, 0.2) is 35.1 Å². The van der Waals surface area contributed by atoms with Crippen LogP contribution < -0.4 is 5.32 Å². The summed E-state index contributed by atoms with van der Waals surface area (Å²) in [4.78, 5) is 4.04. The van der Waals surface area contributed by atoms with Gasteiger partial charge in [-0.05, 0) is 30.7 Å². The second-order valence-corrected chi connectivity index (χ2v) is 5.10. The van der Waals surface area contributed by atoms with Gasteiger partial charge >= 0.3 is 0 Å². The number of nitriles is 1. The summed E-state index contributed by atoms with van der Waals surface area (Å²) in [6.07, 6.45) is 4.55. The molecule has 0 spiro atoms. The largest absolute Gasteiger partial charge is 0.313 e. The van der Waals surface area contributed by atoms with E-state index in [0.29, 0.717) is 5.82 Å². The van der Waals surface area contributed by atoms with E-state index in [9.17, 15) is 0 Å². The number of aromatic nitrogens is 2. The van der Waals surface area contributed by atoms with Gasteiger partial charge in [0.1, 0.15) is 6.07 Å². The molecule has 2 aromatic rings. The highest BCUT2D eigenvalue weighted by molar-refractivity contribution is 9.10. The number of hydrogen-bond acceptors (Lipinski definition) is 3. The zero-order valence-corrected chi connectivity index (χ0v) is 12.3. The molecule has 0 bridgehead atoms. The van der Waals surface area contributed by atoms with Crippen molar-refractivity contribution >= 4 is 15.9 Å². The van der Waals surface area contributed by atoms with Crippen LogP contribution in [0.3, 0.4) is 0 Å². The molecule has 1 aromatic heterocycles. The normalized spacial score (nSPS) is 10.4. The van der Waals surface area contributed by atoms with Gasteiger partial charge < -0.3 is 5.32 Å². The van der Waals surface area contributed by atoms with Crippen LogP contribution in [0, 0.1) is 11.3 Å². The minimum Gasteiger partial charge on any atom is -0.313 e. The monoisotopic (exact) mass is 318 g/mol. The van der Waals surface area contributed by atoms with Crippen LogP contribution in [0.2, 0.25) is 0 Å². The topological polar surface area (TPSA) is 53.6 Å². The van der Waals surface area contributed by atoms with E-state index in [4.69, 9.17) is 5.26 Å². The fourth-order valence-electron chi connectivity index (χ4n) is 1.89. The maximum Gasteiger partial charge on any atom is 0.217 e. The van der Waals surface area contributed by atoms with E-state index in [-0.39, 0.29) is 0 Å². The summed E-state index contributed by atoms with van der Waals surface area (Å²) in [5, 5.41) is 12.5. The van der Waals surface area contributed by atoms with Crippen LogP contribution in [-0.4, -0.2) is 16.1 Å². The Morgan fingerprint density at radius 3 is 3.05 bits per heavy atom. The lowest BCUT2D eigenvalue weighted by atomic mass is 10.1. The molecule has 0 fully saturated rings. The highest BCUT2D eigenvalue weighted by Gasteiger charge is 2.09. The van der Waals surface area contributed by atoms with Crippen molar-refractivity contribution in [1.82, 2.24) is 14.9 Å². The number of benzene rings is 1. The van der Waals surface area contributed by atoms with Crippen molar-refractivity contribution in [2.75, 3.05) is 6.54 Å². The van der Waals surface area contributed by atoms with E-state index in [1.165, 1.54) is 0 Å². The van der Waals surface area contributed by atoms with Gasteiger partial charge in [-0.3, -0.25) is 4.57 Å². The highest BCUT2D eigenvalue weighted by Crippen LogP contribution is 2.21. The van der Waals surface area contributed by atoms with Crippen molar-refractivity contribution in [3.63, 3.8) is 0 Å². The molecule has 0 amide bonds. The van der Waals surface area contributed by atoms with Crippen molar-refractivity contribution in [1.29, 1.82) is 5.26 Å². The molecule has 0 radical (unpaired) electrons. The molecular weight excluding hydrogens is 304 g/mol. The Hall–Kier alpha value is -1.64. The van der Waals surface area contributed by atoms with Gasteiger partial charge in [-0.1, -0.05) is 28.9 Å². The van der Waals surface area contributed by atoms with Gasteiger partial charge in [0.25, 0.3) is 0 Å². The smallest absolute Gasteiger partial charge is 0.217 e. The summed E-state index contributed by atoms with van der Waals surface area (Å²) >= 11 is 3.47. The van der Waals surface area contributed by atoms with Gasteiger partial charge in [-0.25, -0.2) is 4.98 Å². The molecule has 0 aliphatic heterocycles. The zero-order chi connectivity index (χ0) is 13.7. The van der Waals surface area contributed by atoms with Gasteiger partial charge in [0.05, 0.1) is 5.69 Å². The first-order valence-electron chi connectivity index (χ1n) is 6.19. The number of nitrogens with zero attached hydrogens (tertiary/aromatic N) is 3. The average Bonchev–Trinajstić information content (AvgIpc) is 2.88. The van der Waals surface area contributed by atoms with Crippen LogP contribution in [0.4, 0.5) is 0 Å². The standard InChI is InChI=1S/C14H15BrN4/c1-2-5-17-10-11-3-4-12(15)8-13(11)19-7-6-18-14(19)9-16/h3-4,6-8,17H,2,5,10H2,1H3. The summed E-state index contributed by atoms with van der Waals surface area (Å²) in [6, 6.07) is 8.18. The maximum atomic E-state index is 9.08. The summed E-state index contributed by atoms with van der Waals surface area (Å²) in [7, 11) is 0. The van der Waals surface area contributed by atoms with Gasteiger partial charge in [0.2, 0.25) is 5.82 Å². The van der Waals surface area contributed by atoms with Crippen LogP contribution in [0.25, 0.3) is 5.69 Å². The van der Waals surface area contributed by atoms with Crippen LogP contribution in [0.5, 0.6) is 0 Å². The number of halogens is 1. The quantitative estimate of drug-likeness (QED) is 0.862. The third kappa shape index (κ3) is 3.22. The third-order valence-corrected chi connectivity index (χ3v) is 3.28. The van der Waals surface area contributed by atoms with Crippen molar-refractivity contribution < 1.29 is 0 Å². The van der Waals surface area contributed by atoms with Gasteiger partial charge in [-0.15, -0.1) is 0 Å². The Balaban J connectivity index is 2.38. The predicted molar refractivity (Wildman–Crippen MR) is 78.0 cm³/mol. The SMILES string of the molecule is CCCNCc1ccc(Br)cc1-n1ccnc1C#N. The molecule has 1 N–H and O–H groups in total. The van der Waals surface area contributed by atoms with Crippen molar-refractivity contribution in [3.8, 4) is 11.8 Å². The van der Waals surface area contributed by atoms with Gasteiger partial charge in [-0.2, -0.15) is 5.26 Å². The molecule has 4 nitrogen and oxygen atoms in total. The molecule has 0 aliphatic rings. The Morgan fingerprint density at radius 1 is 1.47 bits per heavy atom. The van der Waals surface area contributed by atoms with Crippen LogP contribution in [0.1, 0.15) is 24.7 Å². The minimum atomic E-state index is 0.398. The second-order valence-electron chi connectivity index (χ2n) is 4.18. The lowest BCUT2D eigenvalue weighted by Crippen LogP contribution is -2.15. The van der Waals surface area contributed by atoms with Crippen molar-refractivity contribution in [2.45, 2.75) is 19.9 Å². The van der Waals surface area contributed by atoms with Crippen molar-refractivity contribution in [2.24, 2.45) is 0 Å². The zero-order valence-electron chi connectivity index (χ0n) is 10.7. The Labute approximate surface area is 121 Å². The molecule has 2 rings (SSSR count). The number of rotatable bonds is 5. The van der Waals surface area contributed by atoms with Crippen LogP contribution >= 0.6 is 15.9 Å². The van der Waals surface area contributed by atoms with Gasteiger partial charge in [0.15, 0.2) is 0 Å². The molecule has 0 saturated carbocycles. The number of nitrogens with one attached hydrogen (secondary N) is 1. The molecule has 19 heavy (non-hydrogen) atoms. The molecule has 1 heterocycles. The fraction of sp³-hybridized carbons (Fsp3) is 0.286. The molecule has 0 aliphatic carbocycles. The van der Waals surface area contributed by atoms with Crippen LogP contribution in [-0.2, 0) is 6.54 Å². The fourth-order valence-corrected chi connectivity index (χ4v) is 2.24. The summed E-state index contributed by atoms with van der Waals surface area (Å²) in [6.45, 7) is 3.89. The summed E-state index contributed by atoms with van der Waals surface area (Å²) < 4.78 is 2.80. The lowest BCUT2D eigenvalue weighted by molar-refractivity contribution is 0.672. The molecule has 5 heteroatoms. The Bertz CT molecular complexity index is 598. The number of imidazole rings is 1. The Kier molecular flexibility index (Phi) is 4.72. The first kappa shape index (κ1) is 13.8. The molecule has 0 unspecified atom stereocenters. The lowest BCUT2D eigenvalue weighted by Gasteiger charge is -2.12. The molecular formula is C14H15BrN4. The van der Waals surface area contributed by atoms with E-state index in [1.807, 2.05) is 22.9 Å². The Morgan fingerprint density at radius 2 is 2.32 bits per heavy atom. The highest BCUT2D eigenvalue weighted by atomic mass is 79.9. The summed E-state index contributed by atoms with van der Waals surface area (Å²) in [5.74, 6) is 0.398. The molecule has 0 saturated heterocycles. The van der Waals surface area contributed by atoms with Gasteiger partial charge in [0, 0.05) is 23.4 Å². The molecule has 0 atom stereocenters. The molecule has 1 aromatic carbocycles. The van der Waals surface area contributed by atoms with E-state index in [2.05, 4.69) is 45.3 Å². The van der Waals surface area contributed by atoms with E-state index in [1.54, 1.807) is 6.20 Å². The third-order valence-electron chi connectivity index (χ3n) is 2.79. The average molecular weight is 319 g/mol. The summed E-state index contributed by atoms with van der Waals surface area (Å²) in [5.41, 5.74) is 2.12.